The van der Waals surface area contributed by atoms with E-state index in [2.05, 4.69) is 11.1 Å². The van der Waals surface area contributed by atoms with E-state index in [4.69, 9.17) is 9.84 Å². The summed E-state index contributed by atoms with van der Waals surface area (Å²) < 4.78 is 5.43. The Bertz CT molecular complexity index is 549. The molecule has 0 aliphatic carbocycles. The van der Waals surface area contributed by atoms with Gasteiger partial charge in [-0.25, -0.2) is 4.79 Å². The Balaban J connectivity index is 2.04. The normalized spacial score (nSPS) is 18.4. The van der Waals surface area contributed by atoms with Gasteiger partial charge in [0.1, 0.15) is 5.60 Å². The van der Waals surface area contributed by atoms with Crippen LogP contribution in [0.25, 0.3) is 0 Å². The smallest absolute Gasteiger partial charge is 0.410 e. The zero-order valence-corrected chi connectivity index (χ0v) is 13.5. The number of hydrogen-bond acceptors (Lipinski definition) is 4. The van der Waals surface area contributed by atoms with Crippen molar-refractivity contribution < 1.29 is 14.6 Å². The van der Waals surface area contributed by atoms with Crippen LogP contribution in [0.5, 0.6) is 0 Å². The predicted octanol–water partition coefficient (Wildman–Crippen LogP) is 2.85. The molecule has 5 nitrogen and oxygen atoms in total. The number of rotatable bonds is 4. The lowest BCUT2D eigenvalue weighted by Gasteiger charge is -2.41. The van der Waals surface area contributed by atoms with Gasteiger partial charge in [0.25, 0.3) is 0 Å². The van der Waals surface area contributed by atoms with E-state index in [1.54, 1.807) is 17.2 Å². The molecule has 120 valence electrons. The minimum Gasteiger partial charge on any atom is -0.444 e. The van der Waals surface area contributed by atoms with E-state index in [-0.39, 0.29) is 18.7 Å². The first kappa shape index (κ1) is 16.5. The lowest BCUT2D eigenvalue weighted by atomic mass is 9.95. The number of likely N-dealkylation sites (tertiary alicyclic amines) is 1. The number of aliphatic hydroxyl groups is 1. The van der Waals surface area contributed by atoms with Crippen molar-refractivity contribution in [1.29, 1.82) is 0 Å². The lowest BCUT2D eigenvalue weighted by Crippen LogP contribution is -2.47. The Labute approximate surface area is 131 Å². The van der Waals surface area contributed by atoms with Crippen molar-refractivity contribution >= 4 is 6.09 Å². The zero-order chi connectivity index (χ0) is 16.2. The lowest BCUT2D eigenvalue weighted by molar-refractivity contribution is -0.00581. The molecule has 2 rings (SSSR count). The third-order valence-electron chi connectivity index (χ3n) is 3.47. The first-order valence-corrected chi connectivity index (χ1v) is 7.60. The van der Waals surface area contributed by atoms with Crippen molar-refractivity contribution in [1.82, 2.24) is 9.88 Å². The number of nitrogens with zero attached hydrogens (tertiary/aromatic N) is 2. The van der Waals surface area contributed by atoms with Crippen molar-refractivity contribution in [3.05, 3.63) is 41.7 Å². The molecule has 1 aromatic heterocycles. The zero-order valence-electron chi connectivity index (χ0n) is 13.5. The number of aromatic nitrogens is 1. The molecule has 0 bridgehead atoms. The molecule has 1 atom stereocenters. The van der Waals surface area contributed by atoms with Gasteiger partial charge in [-0.15, -0.1) is 0 Å². The van der Waals surface area contributed by atoms with Crippen LogP contribution in [0.15, 0.2) is 30.6 Å². The second kappa shape index (κ2) is 6.92. The molecule has 1 amide bonds. The molecule has 1 saturated heterocycles. The van der Waals surface area contributed by atoms with Crippen LogP contribution in [0, 0.1) is 0 Å². The highest BCUT2D eigenvalue weighted by Gasteiger charge is 2.36. The molecule has 0 saturated carbocycles. The number of hydrogen-bond donors (Lipinski definition) is 1. The van der Waals surface area contributed by atoms with E-state index in [0.29, 0.717) is 6.54 Å². The number of aliphatic hydroxyl groups excluding tert-OH is 1. The van der Waals surface area contributed by atoms with Crippen LogP contribution in [0.3, 0.4) is 0 Å². The van der Waals surface area contributed by atoms with Gasteiger partial charge in [0.2, 0.25) is 0 Å². The summed E-state index contributed by atoms with van der Waals surface area (Å²) in [7, 11) is 0. The topological polar surface area (TPSA) is 62.7 Å². The summed E-state index contributed by atoms with van der Waals surface area (Å²) in [6.07, 6.45) is 8.62. The van der Waals surface area contributed by atoms with Gasteiger partial charge in [-0.2, -0.15) is 0 Å². The Hall–Kier alpha value is -1.88. The standard InChI is InChI=1S/C17H24N2O3/c1-17(2,3)22-16(21)19-8-7-15(19)14-10-13(11-18-12-14)6-4-5-9-20/h4-5,10-12,15,20H,6-9H2,1-3H3/t15-/m0/s1. The molecule has 5 heteroatoms. The van der Waals surface area contributed by atoms with Crippen molar-refractivity contribution in [2.45, 2.75) is 45.3 Å². The van der Waals surface area contributed by atoms with Crippen molar-refractivity contribution in [3.63, 3.8) is 0 Å². The van der Waals surface area contributed by atoms with E-state index in [9.17, 15) is 4.79 Å². The fourth-order valence-corrected chi connectivity index (χ4v) is 2.37. The largest absolute Gasteiger partial charge is 0.444 e. The van der Waals surface area contributed by atoms with Crippen LogP contribution in [0.4, 0.5) is 4.79 Å². The van der Waals surface area contributed by atoms with Crippen LogP contribution in [-0.4, -0.2) is 39.8 Å². The Kier molecular flexibility index (Phi) is 5.19. The third-order valence-corrected chi connectivity index (χ3v) is 3.47. The number of allylic oxidation sites excluding steroid dienone is 1. The number of ether oxygens (including phenoxy) is 1. The highest BCUT2D eigenvalue weighted by molar-refractivity contribution is 5.70. The van der Waals surface area contributed by atoms with Gasteiger partial charge in [0.15, 0.2) is 0 Å². The molecule has 1 fully saturated rings. The molecule has 22 heavy (non-hydrogen) atoms. The highest BCUT2D eigenvalue weighted by atomic mass is 16.6. The van der Waals surface area contributed by atoms with Gasteiger partial charge in [0, 0.05) is 18.9 Å². The maximum Gasteiger partial charge on any atom is 0.410 e. The first-order valence-electron chi connectivity index (χ1n) is 7.60. The van der Waals surface area contributed by atoms with Crippen LogP contribution in [0.1, 0.15) is 44.4 Å². The Morgan fingerprint density at radius 3 is 2.82 bits per heavy atom. The summed E-state index contributed by atoms with van der Waals surface area (Å²) in [5.41, 5.74) is 1.62. The highest BCUT2D eigenvalue weighted by Crippen LogP contribution is 2.34. The molecule has 0 radical (unpaired) electrons. The molecule has 0 spiro atoms. The molecule has 1 aliphatic rings. The molecule has 1 aliphatic heterocycles. The molecule has 0 aromatic carbocycles. The Morgan fingerprint density at radius 1 is 1.45 bits per heavy atom. The van der Waals surface area contributed by atoms with Crippen LogP contribution >= 0.6 is 0 Å². The van der Waals surface area contributed by atoms with E-state index >= 15 is 0 Å². The van der Waals surface area contributed by atoms with E-state index in [1.165, 1.54) is 0 Å². The average Bonchev–Trinajstić information content (AvgIpc) is 2.36. The van der Waals surface area contributed by atoms with Crippen molar-refractivity contribution in [2.24, 2.45) is 0 Å². The van der Waals surface area contributed by atoms with Crippen LogP contribution in [-0.2, 0) is 11.2 Å². The maximum atomic E-state index is 12.2. The SMILES string of the molecule is CC(C)(C)OC(=O)N1CC[C@H]1c1cncc(CC=CCO)c1. The monoisotopic (exact) mass is 304 g/mol. The molecular weight excluding hydrogens is 280 g/mol. The summed E-state index contributed by atoms with van der Waals surface area (Å²) in [5.74, 6) is 0. The van der Waals surface area contributed by atoms with Crippen LogP contribution in [0.2, 0.25) is 0 Å². The fraction of sp³-hybridized carbons (Fsp3) is 0.529. The summed E-state index contributed by atoms with van der Waals surface area (Å²) in [6, 6.07) is 2.11. The maximum absolute atomic E-state index is 12.2. The fourth-order valence-electron chi connectivity index (χ4n) is 2.37. The number of amides is 1. The van der Waals surface area contributed by atoms with Gasteiger partial charge in [-0.1, -0.05) is 18.2 Å². The van der Waals surface area contributed by atoms with E-state index in [0.717, 1.165) is 24.0 Å². The van der Waals surface area contributed by atoms with Gasteiger partial charge < -0.3 is 14.7 Å². The third kappa shape index (κ3) is 4.31. The molecule has 2 heterocycles. The second-order valence-corrected chi connectivity index (χ2v) is 6.46. The molecule has 1 aromatic rings. The summed E-state index contributed by atoms with van der Waals surface area (Å²) >= 11 is 0. The molecule has 0 unspecified atom stereocenters. The van der Waals surface area contributed by atoms with Gasteiger partial charge in [0.05, 0.1) is 12.6 Å². The molecule has 1 N–H and O–H groups in total. The minimum atomic E-state index is -0.480. The van der Waals surface area contributed by atoms with Gasteiger partial charge in [-0.05, 0) is 44.7 Å². The first-order chi connectivity index (χ1) is 10.4. The van der Waals surface area contributed by atoms with E-state index < -0.39 is 5.60 Å². The summed E-state index contributed by atoms with van der Waals surface area (Å²) in [6.45, 7) is 6.37. The Morgan fingerprint density at radius 2 is 2.23 bits per heavy atom. The van der Waals surface area contributed by atoms with Gasteiger partial charge >= 0.3 is 6.09 Å². The molecular formula is C17H24N2O3. The van der Waals surface area contributed by atoms with Crippen molar-refractivity contribution in [2.75, 3.05) is 13.2 Å². The van der Waals surface area contributed by atoms with Gasteiger partial charge in [-0.3, -0.25) is 4.98 Å². The predicted molar refractivity (Wildman–Crippen MR) is 84.5 cm³/mol. The van der Waals surface area contributed by atoms with Crippen molar-refractivity contribution in [3.8, 4) is 0 Å². The minimum absolute atomic E-state index is 0.0438. The average molecular weight is 304 g/mol. The van der Waals surface area contributed by atoms with E-state index in [1.807, 2.05) is 33.0 Å². The number of carbonyl (C=O) groups is 1. The number of pyridine rings is 1. The van der Waals surface area contributed by atoms with Crippen LogP contribution < -0.4 is 0 Å². The second-order valence-electron chi connectivity index (χ2n) is 6.46. The number of carbonyl (C=O) groups excluding carboxylic acids is 1. The summed E-state index contributed by atoms with van der Waals surface area (Å²) in [5, 5.41) is 8.76. The quantitative estimate of drug-likeness (QED) is 0.869. The summed E-state index contributed by atoms with van der Waals surface area (Å²) in [4.78, 5) is 18.2.